The molecular formula is C28H33O8P. The molecule has 1 aliphatic heterocycles. The maximum atomic E-state index is 11.1. The Bertz CT molecular complexity index is 1070. The molecule has 198 valence electrons. The van der Waals surface area contributed by atoms with E-state index in [9.17, 15) is 9.67 Å². The first kappa shape index (κ1) is 27.6. The molecule has 0 amide bonds. The lowest BCUT2D eigenvalue weighted by molar-refractivity contribution is -0.312. The zero-order chi connectivity index (χ0) is 25.9. The fourth-order valence-electron chi connectivity index (χ4n) is 4.26. The zero-order valence-corrected chi connectivity index (χ0v) is 21.4. The standard InChI is InChI=1S/C28H33O8P/c29-28-27(34-20-23-14-8-3-9-15-23)26(33-19-22-12-6-2-7-13-22)25(24(36-28)16-17-35-37(30)31)32-18-21-10-4-1-5-11-21/h1-15,24-29,37H,16-20H2,(H,30,31)/t24-,25-,26+,27+,28+/m1/s1. The summed E-state index contributed by atoms with van der Waals surface area (Å²) in [6, 6.07) is 29.1. The van der Waals surface area contributed by atoms with Crippen LogP contribution in [-0.4, -0.2) is 47.3 Å². The summed E-state index contributed by atoms with van der Waals surface area (Å²) in [5, 5.41) is 11.0. The molecule has 3 aromatic rings. The van der Waals surface area contributed by atoms with Gasteiger partial charge in [-0.15, -0.1) is 0 Å². The van der Waals surface area contributed by atoms with E-state index in [4.69, 9.17) is 28.4 Å². The van der Waals surface area contributed by atoms with Crippen molar-refractivity contribution in [1.82, 2.24) is 0 Å². The molecule has 3 aromatic carbocycles. The molecular weight excluding hydrogens is 495 g/mol. The summed E-state index contributed by atoms with van der Waals surface area (Å²) in [5.41, 5.74) is 2.88. The molecule has 0 aliphatic carbocycles. The van der Waals surface area contributed by atoms with Gasteiger partial charge in [-0.05, 0) is 16.7 Å². The van der Waals surface area contributed by atoms with Crippen molar-refractivity contribution in [3.05, 3.63) is 108 Å². The molecule has 1 heterocycles. The van der Waals surface area contributed by atoms with Gasteiger partial charge in [0.15, 0.2) is 6.29 Å². The van der Waals surface area contributed by atoms with Gasteiger partial charge in [0, 0.05) is 6.42 Å². The predicted octanol–water partition coefficient (Wildman–Crippen LogP) is 4.25. The van der Waals surface area contributed by atoms with Crippen molar-refractivity contribution in [2.75, 3.05) is 6.61 Å². The third-order valence-corrected chi connectivity index (χ3v) is 6.54. The first-order valence-corrected chi connectivity index (χ1v) is 13.5. The molecule has 9 heteroatoms. The maximum Gasteiger partial charge on any atom is 0.316 e. The molecule has 0 bridgehead atoms. The van der Waals surface area contributed by atoms with Gasteiger partial charge >= 0.3 is 8.25 Å². The lowest BCUT2D eigenvalue weighted by atomic mass is 9.96. The van der Waals surface area contributed by atoms with Crippen LogP contribution in [0.3, 0.4) is 0 Å². The summed E-state index contributed by atoms with van der Waals surface area (Å²) in [6.07, 6.45) is -3.89. The van der Waals surface area contributed by atoms with E-state index >= 15 is 0 Å². The second-order valence-electron chi connectivity index (χ2n) is 8.75. The Morgan fingerprint density at radius 3 is 1.57 bits per heavy atom. The smallest absolute Gasteiger partial charge is 0.316 e. The largest absolute Gasteiger partial charge is 0.368 e. The van der Waals surface area contributed by atoms with Gasteiger partial charge in [-0.3, -0.25) is 4.57 Å². The van der Waals surface area contributed by atoms with E-state index in [0.29, 0.717) is 0 Å². The third-order valence-electron chi connectivity index (χ3n) is 6.09. The Hall–Kier alpha value is -2.39. The average Bonchev–Trinajstić information content (AvgIpc) is 2.92. The van der Waals surface area contributed by atoms with Crippen LogP contribution in [-0.2, 0) is 47.9 Å². The van der Waals surface area contributed by atoms with Crippen LogP contribution in [0.4, 0.5) is 0 Å². The van der Waals surface area contributed by atoms with E-state index < -0.39 is 39.0 Å². The summed E-state index contributed by atoms with van der Waals surface area (Å²) in [7, 11) is -3.09. The minimum atomic E-state index is -3.09. The van der Waals surface area contributed by atoms with Gasteiger partial charge in [0.2, 0.25) is 0 Å². The van der Waals surface area contributed by atoms with Gasteiger partial charge in [-0.2, -0.15) is 0 Å². The Morgan fingerprint density at radius 1 is 0.676 bits per heavy atom. The van der Waals surface area contributed by atoms with Crippen molar-refractivity contribution < 1.29 is 38.0 Å². The Labute approximate surface area is 217 Å². The molecule has 37 heavy (non-hydrogen) atoms. The highest BCUT2D eigenvalue weighted by molar-refractivity contribution is 7.32. The normalized spacial score (nSPS) is 24.5. The highest BCUT2D eigenvalue weighted by atomic mass is 31.1. The highest BCUT2D eigenvalue weighted by Crippen LogP contribution is 2.31. The number of hydrogen-bond donors (Lipinski definition) is 2. The van der Waals surface area contributed by atoms with Crippen molar-refractivity contribution >= 4 is 8.25 Å². The van der Waals surface area contributed by atoms with Gasteiger partial charge in [0.25, 0.3) is 0 Å². The SMILES string of the molecule is O=[PH](O)OCC[C@H]1O[C@H](O)[C@@H](OCc2ccccc2)[C@@H](OCc2ccccc2)[C@@H]1OCc1ccccc1. The lowest BCUT2D eigenvalue weighted by Gasteiger charge is -2.44. The van der Waals surface area contributed by atoms with Gasteiger partial charge < -0.3 is 33.5 Å². The molecule has 0 saturated carbocycles. The number of hydrogen-bond acceptors (Lipinski definition) is 7. The minimum absolute atomic E-state index is 0.0299. The second-order valence-corrected chi connectivity index (χ2v) is 9.57. The van der Waals surface area contributed by atoms with Crippen molar-refractivity contribution in [1.29, 1.82) is 0 Å². The quantitative estimate of drug-likeness (QED) is 0.318. The summed E-state index contributed by atoms with van der Waals surface area (Å²) in [5.74, 6) is 0. The van der Waals surface area contributed by atoms with Gasteiger partial charge in [-0.25, -0.2) is 0 Å². The lowest BCUT2D eigenvalue weighted by Crippen LogP contribution is -2.60. The third kappa shape index (κ3) is 8.57. The average molecular weight is 529 g/mol. The summed E-state index contributed by atoms with van der Waals surface area (Å²) < 4.78 is 40.8. The van der Waals surface area contributed by atoms with E-state index in [0.717, 1.165) is 16.7 Å². The minimum Gasteiger partial charge on any atom is -0.368 e. The molecule has 4 rings (SSSR count). The van der Waals surface area contributed by atoms with Gasteiger partial charge in [-0.1, -0.05) is 91.0 Å². The molecule has 0 aromatic heterocycles. The molecule has 1 aliphatic rings. The van der Waals surface area contributed by atoms with E-state index in [1.165, 1.54) is 0 Å². The Balaban J connectivity index is 1.56. The molecule has 1 unspecified atom stereocenters. The van der Waals surface area contributed by atoms with Crippen LogP contribution >= 0.6 is 8.25 Å². The number of rotatable bonds is 13. The fourth-order valence-corrected chi connectivity index (χ4v) is 4.55. The first-order valence-electron chi connectivity index (χ1n) is 12.3. The van der Waals surface area contributed by atoms with Gasteiger partial charge in [0.1, 0.15) is 18.3 Å². The van der Waals surface area contributed by atoms with Crippen molar-refractivity contribution in [3.8, 4) is 0 Å². The van der Waals surface area contributed by atoms with Crippen LogP contribution in [0.25, 0.3) is 0 Å². The number of aliphatic hydroxyl groups is 1. The fraction of sp³-hybridized carbons (Fsp3) is 0.357. The molecule has 1 fully saturated rings. The van der Waals surface area contributed by atoms with Crippen molar-refractivity contribution in [3.63, 3.8) is 0 Å². The van der Waals surface area contributed by atoms with Gasteiger partial charge in [0.05, 0.1) is 32.5 Å². The van der Waals surface area contributed by atoms with Crippen LogP contribution in [0.5, 0.6) is 0 Å². The number of benzene rings is 3. The summed E-state index contributed by atoms with van der Waals surface area (Å²) in [4.78, 5) is 9.09. The monoisotopic (exact) mass is 528 g/mol. The van der Waals surface area contributed by atoms with Crippen LogP contribution < -0.4 is 0 Å². The molecule has 8 nitrogen and oxygen atoms in total. The highest BCUT2D eigenvalue weighted by Gasteiger charge is 2.47. The van der Waals surface area contributed by atoms with Crippen LogP contribution in [0, 0.1) is 0 Å². The van der Waals surface area contributed by atoms with E-state index in [1.54, 1.807) is 0 Å². The van der Waals surface area contributed by atoms with E-state index in [1.807, 2.05) is 91.0 Å². The maximum absolute atomic E-state index is 11.1. The van der Waals surface area contributed by atoms with Crippen LogP contribution in [0.1, 0.15) is 23.1 Å². The number of ether oxygens (including phenoxy) is 4. The molecule has 2 N–H and O–H groups in total. The second kappa shape index (κ2) is 14.5. The molecule has 6 atom stereocenters. The van der Waals surface area contributed by atoms with E-state index in [2.05, 4.69) is 0 Å². The van der Waals surface area contributed by atoms with Crippen molar-refractivity contribution in [2.45, 2.75) is 56.9 Å². The summed E-state index contributed by atoms with van der Waals surface area (Å²) in [6.45, 7) is 0.790. The van der Waals surface area contributed by atoms with Crippen molar-refractivity contribution in [2.24, 2.45) is 0 Å². The number of aliphatic hydroxyl groups excluding tert-OH is 1. The van der Waals surface area contributed by atoms with E-state index in [-0.39, 0.29) is 32.8 Å². The predicted molar refractivity (Wildman–Crippen MR) is 138 cm³/mol. The Kier molecular flexibility index (Phi) is 10.8. The summed E-state index contributed by atoms with van der Waals surface area (Å²) >= 11 is 0. The topological polar surface area (TPSA) is 104 Å². The Morgan fingerprint density at radius 2 is 1.11 bits per heavy atom. The molecule has 0 spiro atoms. The van der Waals surface area contributed by atoms with Crippen LogP contribution in [0.15, 0.2) is 91.0 Å². The molecule has 1 saturated heterocycles. The molecule has 0 radical (unpaired) electrons. The first-order chi connectivity index (χ1) is 18.1. The van der Waals surface area contributed by atoms with Crippen LogP contribution in [0.2, 0.25) is 0 Å². The zero-order valence-electron chi connectivity index (χ0n) is 20.4.